The van der Waals surface area contributed by atoms with Crippen molar-refractivity contribution in [1.82, 2.24) is 0 Å². The van der Waals surface area contributed by atoms with Gasteiger partial charge in [0, 0.05) is 12.5 Å². The van der Waals surface area contributed by atoms with Crippen LogP contribution in [0, 0.1) is 29.1 Å². The van der Waals surface area contributed by atoms with Gasteiger partial charge in [-0.1, -0.05) is 12.2 Å². The van der Waals surface area contributed by atoms with Crippen molar-refractivity contribution in [2.45, 2.75) is 17.8 Å². The minimum atomic E-state index is -4.71. The number of nitriles is 1. The van der Waals surface area contributed by atoms with Crippen LogP contribution in [0.2, 0.25) is 0 Å². The molecular formula is C16H13F3N2O2S. The van der Waals surface area contributed by atoms with Gasteiger partial charge < -0.3 is 0 Å². The molecule has 1 aromatic carbocycles. The molecule has 2 bridgehead atoms. The Morgan fingerprint density at radius 3 is 2.54 bits per heavy atom. The molecule has 1 heterocycles. The first-order valence-corrected chi connectivity index (χ1v) is 9.05. The predicted octanol–water partition coefficient (Wildman–Crippen LogP) is 2.92. The third-order valence-corrected chi connectivity index (χ3v) is 7.65. The zero-order valence-electron chi connectivity index (χ0n) is 12.4. The molecule has 1 aromatic rings. The van der Waals surface area contributed by atoms with E-state index in [4.69, 9.17) is 5.26 Å². The van der Waals surface area contributed by atoms with Crippen molar-refractivity contribution in [2.75, 3.05) is 10.8 Å². The fraction of sp³-hybridized carbons (Fsp3) is 0.438. The molecular weight excluding hydrogens is 341 g/mol. The van der Waals surface area contributed by atoms with Gasteiger partial charge in [-0.15, -0.1) is 0 Å². The number of benzene rings is 1. The Morgan fingerprint density at radius 1 is 1.21 bits per heavy atom. The van der Waals surface area contributed by atoms with Gasteiger partial charge in [-0.05, 0) is 36.5 Å². The highest BCUT2D eigenvalue weighted by Gasteiger charge is 2.58. The predicted molar refractivity (Wildman–Crippen MR) is 80.4 cm³/mol. The van der Waals surface area contributed by atoms with Gasteiger partial charge in [0.2, 0.25) is 10.0 Å². The largest absolute Gasteiger partial charge is 0.417 e. The van der Waals surface area contributed by atoms with E-state index in [1.165, 1.54) is 12.1 Å². The Bertz CT molecular complexity index is 886. The topological polar surface area (TPSA) is 61.2 Å². The molecule has 24 heavy (non-hydrogen) atoms. The summed E-state index contributed by atoms with van der Waals surface area (Å²) >= 11 is 0. The lowest BCUT2D eigenvalue weighted by Gasteiger charge is -2.22. The number of alkyl halides is 3. The Morgan fingerprint density at radius 2 is 1.92 bits per heavy atom. The van der Waals surface area contributed by atoms with E-state index in [1.54, 1.807) is 0 Å². The molecule has 0 spiro atoms. The number of nitrogens with zero attached hydrogens (tertiary/aromatic N) is 2. The maximum atomic E-state index is 13.1. The first-order valence-electron chi connectivity index (χ1n) is 7.54. The Balaban J connectivity index is 1.77. The maximum absolute atomic E-state index is 13.1. The van der Waals surface area contributed by atoms with Crippen LogP contribution < -0.4 is 4.31 Å². The number of halogens is 3. The lowest BCUT2D eigenvalue weighted by molar-refractivity contribution is -0.137. The van der Waals surface area contributed by atoms with Crippen molar-refractivity contribution in [3.8, 4) is 6.07 Å². The smallest absolute Gasteiger partial charge is 0.270 e. The molecule has 1 saturated heterocycles. The third-order valence-electron chi connectivity index (χ3n) is 5.29. The molecule has 3 aliphatic rings. The minimum Gasteiger partial charge on any atom is -0.270 e. The van der Waals surface area contributed by atoms with Gasteiger partial charge in [-0.25, -0.2) is 8.42 Å². The summed E-state index contributed by atoms with van der Waals surface area (Å²) in [6, 6.07) is 4.59. The lowest BCUT2D eigenvalue weighted by Crippen LogP contribution is -2.32. The monoisotopic (exact) mass is 354 g/mol. The number of sulfonamides is 1. The van der Waals surface area contributed by atoms with Crippen molar-refractivity contribution in [3.63, 3.8) is 0 Å². The molecule has 0 N–H and O–H groups in total. The van der Waals surface area contributed by atoms with Crippen LogP contribution in [-0.2, 0) is 16.2 Å². The van der Waals surface area contributed by atoms with Crippen molar-refractivity contribution in [2.24, 2.45) is 17.8 Å². The first-order chi connectivity index (χ1) is 11.2. The van der Waals surface area contributed by atoms with Crippen LogP contribution >= 0.6 is 0 Å². The van der Waals surface area contributed by atoms with Crippen molar-refractivity contribution in [3.05, 3.63) is 41.5 Å². The summed E-state index contributed by atoms with van der Waals surface area (Å²) in [5.41, 5.74) is -1.63. The SMILES string of the molecule is N#Cc1ccc(N2C[C@@H]3[C@@H]([C@H]4C=C[C@@H]3C4)S2(=O)=O)cc1C(F)(F)F. The van der Waals surface area contributed by atoms with Crippen LogP contribution in [0.15, 0.2) is 30.4 Å². The molecule has 0 amide bonds. The van der Waals surface area contributed by atoms with E-state index >= 15 is 0 Å². The molecule has 4 nitrogen and oxygen atoms in total. The molecule has 0 radical (unpaired) electrons. The maximum Gasteiger partial charge on any atom is 0.417 e. The zero-order valence-corrected chi connectivity index (χ0v) is 13.2. The summed E-state index contributed by atoms with van der Waals surface area (Å²) in [5.74, 6) is 0.0608. The summed E-state index contributed by atoms with van der Waals surface area (Å²) in [7, 11) is -3.70. The van der Waals surface area contributed by atoms with E-state index in [0.29, 0.717) is 0 Å². The van der Waals surface area contributed by atoms with E-state index in [9.17, 15) is 21.6 Å². The Kier molecular flexibility index (Phi) is 3.08. The number of rotatable bonds is 1. The summed E-state index contributed by atoms with van der Waals surface area (Å²) in [4.78, 5) is 0. The van der Waals surface area contributed by atoms with Crippen LogP contribution in [0.3, 0.4) is 0 Å². The first kappa shape index (κ1) is 15.5. The van der Waals surface area contributed by atoms with Gasteiger partial charge in [-0.3, -0.25) is 4.31 Å². The third kappa shape index (κ3) is 2.00. The summed E-state index contributed by atoms with van der Waals surface area (Å²) in [6.07, 6.45) is 0.0299. The van der Waals surface area contributed by atoms with Crippen molar-refractivity contribution < 1.29 is 21.6 Å². The molecule has 1 saturated carbocycles. The van der Waals surface area contributed by atoms with E-state index in [2.05, 4.69) is 0 Å². The number of allylic oxidation sites excluding steroid dienone is 2. The molecule has 2 aliphatic carbocycles. The van der Waals surface area contributed by atoms with E-state index in [-0.39, 0.29) is 30.0 Å². The van der Waals surface area contributed by atoms with Crippen molar-refractivity contribution in [1.29, 1.82) is 5.26 Å². The fourth-order valence-corrected chi connectivity index (χ4v) is 6.73. The number of anilines is 1. The van der Waals surface area contributed by atoms with Crippen LogP contribution in [0.5, 0.6) is 0 Å². The van der Waals surface area contributed by atoms with Crippen molar-refractivity contribution >= 4 is 15.7 Å². The van der Waals surface area contributed by atoms with Gasteiger partial charge >= 0.3 is 6.18 Å². The Labute approximate surface area is 137 Å². The number of hydrogen-bond donors (Lipinski definition) is 0. The van der Waals surface area contributed by atoms with Crippen LogP contribution in [0.1, 0.15) is 17.5 Å². The molecule has 4 rings (SSSR count). The van der Waals surface area contributed by atoms with Gasteiger partial charge in [-0.2, -0.15) is 18.4 Å². The average molecular weight is 354 g/mol. The summed E-state index contributed by atoms with van der Waals surface area (Å²) < 4.78 is 66.1. The van der Waals surface area contributed by atoms with Gasteiger partial charge in [0.15, 0.2) is 0 Å². The molecule has 126 valence electrons. The van der Waals surface area contributed by atoms with Gasteiger partial charge in [0.25, 0.3) is 0 Å². The van der Waals surface area contributed by atoms with E-state index in [1.807, 2.05) is 12.2 Å². The second-order valence-electron chi connectivity index (χ2n) is 6.49. The molecule has 2 fully saturated rings. The zero-order chi connectivity index (χ0) is 17.3. The average Bonchev–Trinajstić information content (AvgIpc) is 3.18. The van der Waals surface area contributed by atoms with Crippen LogP contribution in [0.4, 0.5) is 18.9 Å². The molecule has 8 heteroatoms. The molecule has 0 unspecified atom stereocenters. The number of fused-ring (bicyclic) bond motifs is 5. The fourth-order valence-electron chi connectivity index (χ4n) is 4.27. The summed E-state index contributed by atoms with van der Waals surface area (Å²) in [5, 5.41) is 8.32. The Hall–Kier alpha value is -2.01. The highest BCUT2D eigenvalue weighted by atomic mass is 32.2. The highest BCUT2D eigenvalue weighted by Crippen LogP contribution is 2.52. The lowest BCUT2D eigenvalue weighted by atomic mass is 9.93. The quantitative estimate of drug-likeness (QED) is 0.729. The van der Waals surface area contributed by atoms with Crippen LogP contribution in [0.25, 0.3) is 0 Å². The van der Waals surface area contributed by atoms with Gasteiger partial charge in [0.05, 0.1) is 28.1 Å². The molecule has 1 aliphatic heterocycles. The normalized spacial score (nSPS) is 32.8. The molecule has 4 atom stereocenters. The minimum absolute atomic E-state index is 0.0184. The second-order valence-corrected chi connectivity index (χ2v) is 8.51. The molecule has 0 aromatic heterocycles. The number of hydrogen-bond acceptors (Lipinski definition) is 3. The van der Waals surface area contributed by atoms with Gasteiger partial charge in [0.1, 0.15) is 0 Å². The van der Waals surface area contributed by atoms with Crippen LogP contribution in [-0.4, -0.2) is 20.2 Å². The summed E-state index contributed by atoms with van der Waals surface area (Å²) in [6.45, 7) is 0.196. The van der Waals surface area contributed by atoms with E-state index < -0.39 is 32.6 Å². The second kappa shape index (κ2) is 4.76. The van der Waals surface area contributed by atoms with E-state index in [0.717, 1.165) is 22.9 Å². The highest BCUT2D eigenvalue weighted by molar-refractivity contribution is 7.93. The standard InChI is InChI=1S/C16H13F3N2O2S/c17-16(18,19)14-6-12(4-3-11(14)7-20)21-8-13-9-1-2-10(5-9)15(13)24(21,22)23/h1-4,6,9-10,13,15H,5,8H2/t9-,10+,13+,15-/m1/s1.